The standard InChI is InChI=1S/C11H21NOSi/c1-8-7-12-9(11(2,3)4)10(13)14(8,5)6/h8H,7H2,1-6H3. The SMILES string of the molecule is CC1CN=C(C(C)(C)C)C(=O)[Si]1(C)C. The third-order valence-electron chi connectivity index (χ3n) is 3.27. The molecule has 1 heterocycles. The van der Waals surface area contributed by atoms with Crippen molar-refractivity contribution in [2.45, 2.75) is 46.3 Å². The summed E-state index contributed by atoms with van der Waals surface area (Å²) >= 11 is 0. The largest absolute Gasteiger partial charge is 0.299 e. The van der Waals surface area contributed by atoms with Crippen molar-refractivity contribution in [3.63, 3.8) is 0 Å². The predicted octanol–water partition coefficient (Wildman–Crippen LogP) is 2.69. The van der Waals surface area contributed by atoms with Gasteiger partial charge in [-0.25, -0.2) is 0 Å². The van der Waals surface area contributed by atoms with Crippen LogP contribution in [0.4, 0.5) is 0 Å². The van der Waals surface area contributed by atoms with E-state index in [0.717, 1.165) is 12.3 Å². The molecule has 0 radical (unpaired) electrons. The molecular formula is C11H21NOSi. The van der Waals surface area contributed by atoms with Crippen LogP contribution >= 0.6 is 0 Å². The van der Waals surface area contributed by atoms with Gasteiger partial charge in [0.2, 0.25) is 0 Å². The molecule has 0 amide bonds. The van der Waals surface area contributed by atoms with Gasteiger partial charge < -0.3 is 0 Å². The third kappa shape index (κ3) is 1.83. The summed E-state index contributed by atoms with van der Waals surface area (Å²) in [6.07, 6.45) is 0. The normalized spacial score (nSPS) is 27.4. The van der Waals surface area contributed by atoms with E-state index in [1.807, 2.05) is 0 Å². The van der Waals surface area contributed by atoms with Crippen molar-refractivity contribution in [1.82, 2.24) is 0 Å². The highest BCUT2D eigenvalue weighted by Gasteiger charge is 2.44. The molecule has 0 saturated heterocycles. The van der Waals surface area contributed by atoms with Crippen molar-refractivity contribution in [3.05, 3.63) is 0 Å². The van der Waals surface area contributed by atoms with E-state index in [2.05, 4.69) is 45.8 Å². The monoisotopic (exact) mass is 211 g/mol. The van der Waals surface area contributed by atoms with Gasteiger partial charge in [-0.1, -0.05) is 40.8 Å². The van der Waals surface area contributed by atoms with Crippen LogP contribution in [0.25, 0.3) is 0 Å². The molecule has 0 aromatic heterocycles. The molecule has 2 nitrogen and oxygen atoms in total. The number of aliphatic imine (C=N–C) groups is 1. The molecule has 14 heavy (non-hydrogen) atoms. The van der Waals surface area contributed by atoms with Crippen LogP contribution in [0.2, 0.25) is 18.6 Å². The molecule has 0 fully saturated rings. The molecule has 3 heteroatoms. The van der Waals surface area contributed by atoms with Gasteiger partial charge in [-0.15, -0.1) is 0 Å². The zero-order valence-corrected chi connectivity index (χ0v) is 11.1. The Hall–Kier alpha value is -0.443. The van der Waals surface area contributed by atoms with Gasteiger partial charge in [-0.3, -0.25) is 9.79 Å². The molecule has 1 atom stereocenters. The Balaban J connectivity index is 3.10. The molecule has 0 aromatic carbocycles. The lowest BCUT2D eigenvalue weighted by atomic mass is 9.90. The molecule has 1 unspecified atom stereocenters. The summed E-state index contributed by atoms with van der Waals surface area (Å²) in [5.74, 6) is 0. The van der Waals surface area contributed by atoms with Crippen molar-refractivity contribution < 1.29 is 4.79 Å². The predicted molar refractivity (Wildman–Crippen MR) is 63.7 cm³/mol. The van der Waals surface area contributed by atoms with Crippen LogP contribution < -0.4 is 0 Å². The maximum Gasteiger partial charge on any atom is 0.154 e. The maximum atomic E-state index is 12.2. The average Bonchev–Trinajstić information content (AvgIpc) is 1.99. The first-order chi connectivity index (χ1) is 6.17. The summed E-state index contributed by atoms with van der Waals surface area (Å²) in [7, 11) is -1.74. The molecule has 0 saturated carbocycles. The first-order valence-electron chi connectivity index (χ1n) is 5.27. The molecular weight excluding hydrogens is 190 g/mol. The van der Waals surface area contributed by atoms with Gasteiger partial charge >= 0.3 is 0 Å². The van der Waals surface area contributed by atoms with Crippen molar-refractivity contribution in [2.24, 2.45) is 10.4 Å². The number of carbonyl (C=O) groups excluding carboxylic acids is 1. The maximum absolute atomic E-state index is 12.2. The van der Waals surface area contributed by atoms with Crippen molar-refractivity contribution >= 4 is 19.2 Å². The second-order valence-corrected chi connectivity index (χ2v) is 10.8. The fourth-order valence-corrected chi connectivity index (χ4v) is 3.69. The molecule has 0 spiro atoms. The van der Waals surface area contributed by atoms with Crippen LogP contribution in [-0.2, 0) is 4.79 Å². The average molecular weight is 211 g/mol. The van der Waals surface area contributed by atoms with E-state index >= 15 is 0 Å². The molecule has 0 aliphatic carbocycles. The Labute approximate surface area is 87.8 Å². The lowest BCUT2D eigenvalue weighted by Gasteiger charge is -2.35. The zero-order chi connectivity index (χ0) is 11.1. The van der Waals surface area contributed by atoms with E-state index in [4.69, 9.17) is 0 Å². The number of nitrogens with zero attached hydrogens (tertiary/aromatic N) is 1. The van der Waals surface area contributed by atoms with Gasteiger partial charge in [-0.2, -0.15) is 0 Å². The molecule has 1 aliphatic heterocycles. The van der Waals surface area contributed by atoms with Gasteiger partial charge in [0.15, 0.2) is 5.41 Å². The Kier molecular flexibility index (Phi) is 2.74. The quantitative estimate of drug-likeness (QED) is 0.566. The van der Waals surface area contributed by atoms with Gasteiger partial charge in [0, 0.05) is 12.0 Å². The van der Waals surface area contributed by atoms with Crippen molar-refractivity contribution in [2.75, 3.05) is 6.54 Å². The van der Waals surface area contributed by atoms with E-state index in [-0.39, 0.29) is 5.41 Å². The highest BCUT2D eigenvalue weighted by atomic mass is 28.3. The van der Waals surface area contributed by atoms with Crippen LogP contribution in [0, 0.1) is 5.41 Å². The first-order valence-corrected chi connectivity index (χ1v) is 8.35. The van der Waals surface area contributed by atoms with Gasteiger partial charge in [0.25, 0.3) is 0 Å². The Morgan fingerprint density at radius 3 is 2.29 bits per heavy atom. The third-order valence-corrected chi connectivity index (χ3v) is 7.32. The van der Waals surface area contributed by atoms with Gasteiger partial charge in [0.1, 0.15) is 8.07 Å². The summed E-state index contributed by atoms with van der Waals surface area (Å²) in [5, 5.41) is 0.365. The fraction of sp³-hybridized carbons (Fsp3) is 0.818. The molecule has 80 valence electrons. The summed E-state index contributed by atoms with van der Waals surface area (Å²) in [6, 6.07) is 0. The summed E-state index contributed by atoms with van der Waals surface area (Å²) in [4.78, 5) is 16.7. The fourth-order valence-electron chi connectivity index (χ4n) is 1.63. The number of hydrogen-bond donors (Lipinski definition) is 0. The second kappa shape index (κ2) is 3.30. The Morgan fingerprint density at radius 2 is 1.86 bits per heavy atom. The number of hydrogen-bond acceptors (Lipinski definition) is 2. The summed E-state index contributed by atoms with van der Waals surface area (Å²) < 4.78 is 0. The van der Waals surface area contributed by atoms with Crippen LogP contribution in [-0.4, -0.2) is 25.7 Å². The highest BCUT2D eigenvalue weighted by Crippen LogP contribution is 2.31. The van der Waals surface area contributed by atoms with Crippen LogP contribution in [0.15, 0.2) is 4.99 Å². The summed E-state index contributed by atoms with van der Waals surface area (Å²) in [5.41, 5.74) is 1.23. The van der Waals surface area contributed by atoms with Gasteiger partial charge in [-0.05, 0) is 5.54 Å². The molecule has 1 aliphatic rings. The number of carbonyl (C=O) groups is 1. The van der Waals surface area contributed by atoms with E-state index in [1.165, 1.54) is 0 Å². The van der Waals surface area contributed by atoms with Crippen molar-refractivity contribution in [1.29, 1.82) is 0 Å². The highest BCUT2D eigenvalue weighted by molar-refractivity contribution is 7.14. The number of rotatable bonds is 0. The van der Waals surface area contributed by atoms with Crippen LogP contribution in [0.5, 0.6) is 0 Å². The molecule has 1 rings (SSSR count). The lowest BCUT2D eigenvalue weighted by molar-refractivity contribution is -0.107. The zero-order valence-electron chi connectivity index (χ0n) is 10.1. The molecule has 0 bridgehead atoms. The Morgan fingerprint density at radius 1 is 1.36 bits per heavy atom. The first kappa shape index (κ1) is 11.6. The van der Waals surface area contributed by atoms with E-state index in [9.17, 15) is 4.79 Å². The minimum absolute atomic E-state index is 0.0819. The Bertz CT molecular complexity index is 286. The van der Waals surface area contributed by atoms with E-state index < -0.39 is 8.07 Å². The van der Waals surface area contributed by atoms with Gasteiger partial charge in [0.05, 0.1) is 5.71 Å². The minimum Gasteiger partial charge on any atom is -0.299 e. The topological polar surface area (TPSA) is 29.4 Å². The minimum atomic E-state index is -1.74. The molecule has 0 N–H and O–H groups in total. The summed E-state index contributed by atoms with van der Waals surface area (Å²) in [6.45, 7) is 13.6. The lowest BCUT2D eigenvalue weighted by Crippen LogP contribution is -2.53. The van der Waals surface area contributed by atoms with E-state index in [1.54, 1.807) is 0 Å². The smallest absolute Gasteiger partial charge is 0.154 e. The van der Waals surface area contributed by atoms with Crippen LogP contribution in [0.1, 0.15) is 27.7 Å². The van der Waals surface area contributed by atoms with E-state index in [0.29, 0.717) is 10.9 Å². The van der Waals surface area contributed by atoms with Crippen molar-refractivity contribution in [3.8, 4) is 0 Å². The van der Waals surface area contributed by atoms with Crippen LogP contribution in [0.3, 0.4) is 0 Å². The molecule has 0 aromatic rings. The second-order valence-electron chi connectivity index (χ2n) is 5.89.